The SMILES string of the molecule is CCc1ccnc(Nc2nc(Nc3ccn4ccnc4c3)cc(N3CCCC(N4CCOCC4)CC3)n2)c1.[HH].[HH]. The van der Waals surface area contributed by atoms with Gasteiger partial charge in [-0.3, -0.25) is 4.90 Å². The highest BCUT2D eigenvalue weighted by molar-refractivity contribution is 5.65. The van der Waals surface area contributed by atoms with Crippen molar-refractivity contribution in [1.29, 1.82) is 0 Å². The molecule has 0 aliphatic carbocycles. The Hall–Kier alpha value is -3.76. The summed E-state index contributed by atoms with van der Waals surface area (Å²) in [6.45, 7) is 7.82. The highest BCUT2D eigenvalue weighted by atomic mass is 16.5. The summed E-state index contributed by atoms with van der Waals surface area (Å²) in [5, 5.41) is 6.82. The summed E-state index contributed by atoms with van der Waals surface area (Å²) in [4.78, 5) is 23.6. The summed E-state index contributed by atoms with van der Waals surface area (Å²) < 4.78 is 7.56. The van der Waals surface area contributed by atoms with Crippen LogP contribution >= 0.6 is 0 Å². The maximum atomic E-state index is 5.58. The first-order chi connectivity index (χ1) is 18.7. The van der Waals surface area contributed by atoms with Crippen molar-refractivity contribution in [3.63, 3.8) is 0 Å². The van der Waals surface area contributed by atoms with Crippen molar-refractivity contribution in [2.75, 3.05) is 54.9 Å². The number of anilines is 5. The Labute approximate surface area is 226 Å². The fourth-order valence-corrected chi connectivity index (χ4v) is 5.34. The zero-order valence-electron chi connectivity index (χ0n) is 21.9. The molecule has 2 aliphatic heterocycles. The number of hydrogen-bond donors (Lipinski definition) is 2. The molecule has 10 heteroatoms. The van der Waals surface area contributed by atoms with E-state index in [1.807, 2.05) is 53.3 Å². The number of hydrogen-bond acceptors (Lipinski definition) is 9. The van der Waals surface area contributed by atoms with E-state index in [-0.39, 0.29) is 2.85 Å². The predicted molar refractivity (Wildman–Crippen MR) is 154 cm³/mol. The molecule has 0 radical (unpaired) electrons. The van der Waals surface area contributed by atoms with Crippen LogP contribution in [0.3, 0.4) is 0 Å². The minimum atomic E-state index is 0. The standard InChI is InChI=1S/C28H35N9O.2H2/c1-2-21-5-8-29-24(18-21)32-28-33-25(31-22-6-11-37-13-9-30-26(37)19-22)20-27(34-28)36-10-3-4-23(7-12-36)35-14-16-38-17-15-35;;/h5-6,8-9,11,13,18-20,23H,2-4,7,10,12,14-17H2,1H3,(H2,29,31,32,33,34);2*1H. The van der Waals surface area contributed by atoms with E-state index in [1.54, 1.807) is 6.20 Å². The third-order valence-electron chi connectivity index (χ3n) is 7.44. The molecule has 0 amide bonds. The van der Waals surface area contributed by atoms with Gasteiger partial charge in [-0.2, -0.15) is 9.97 Å². The van der Waals surface area contributed by atoms with Gasteiger partial charge in [-0.05, 0) is 49.4 Å². The molecule has 4 aromatic heterocycles. The van der Waals surface area contributed by atoms with Crippen molar-refractivity contribution in [2.24, 2.45) is 0 Å². The summed E-state index contributed by atoms with van der Waals surface area (Å²) in [5.74, 6) is 2.92. The molecule has 2 N–H and O–H groups in total. The van der Waals surface area contributed by atoms with Crippen molar-refractivity contribution in [2.45, 2.75) is 38.6 Å². The Morgan fingerprint density at radius 1 is 0.921 bits per heavy atom. The van der Waals surface area contributed by atoms with E-state index in [2.05, 4.69) is 37.3 Å². The summed E-state index contributed by atoms with van der Waals surface area (Å²) in [6, 6.07) is 10.8. The number of aryl methyl sites for hydroxylation is 1. The zero-order chi connectivity index (χ0) is 25.7. The Morgan fingerprint density at radius 2 is 1.84 bits per heavy atom. The highest BCUT2D eigenvalue weighted by Gasteiger charge is 2.25. The van der Waals surface area contributed by atoms with Crippen LogP contribution in [0.2, 0.25) is 0 Å². The number of fused-ring (bicyclic) bond motifs is 1. The monoisotopic (exact) mass is 517 g/mol. The van der Waals surface area contributed by atoms with Crippen molar-refractivity contribution in [3.8, 4) is 0 Å². The van der Waals surface area contributed by atoms with Crippen molar-refractivity contribution in [3.05, 3.63) is 60.7 Å². The van der Waals surface area contributed by atoms with Crippen LogP contribution < -0.4 is 15.5 Å². The summed E-state index contributed by atoms with van der Waals surface area (Å²) >= 11 is 0. The van der Waals surface area contributed by atoms with E-state index in [0.717, 1.165) is 87.4 Å². The maximum Gasteiger partial charge on any atom is 0.232 e. The first-order valence-corrected chi connectivity index (χ1v) is 13.6. The van der Waals surface area contributed by atoms with Gasteiger partial charge in [-0.25, -0.2) is 9.97 Å². The second-order valence-corrected chi connectivity index (χ2v) is 9.92. The molecule has 6 heterocycles. The molecule has 0 bridgehead atoms. The Bertz CT molecular complexity index is 1380. The molecular formula is C28H39N9O. The number of morpholine rings is 1. The molecule has 0 aromatic carbocycles. The molecule has 2 saturated heterocycles. The molecule has 1 unspecified atom stereocenters. The van der Waals surface area contributed by atoms with Gasteiger partial charge in [0.05, 0.1) is 13.2 Å². The van der Waals surface area contributed by atoms with Gasteiger partial charge in [-0.1, -0.05) is 6.92 Å². The van der Waals surface area contributed by atoms with Gasteiger partial charge in [0.25, 0.3) is 0 Å². The van der Waals surface area contributed by atoms with Gasteiger partial charge in [0.2, 0.25) is 5.95 Å². The minimum Gasteiger partial charge on any atom is -0.379 e. The molecular weight excluding hydrogens is 478 g/mol. The van der Waals surface area contributed by atoms with Gasteiger partial charge in [0.1, 0.15) is 23.1 Å². The lowest BCUT2D eigenvalue weighted by Gasteiger charge is -2.34. The smallest absolute Gasteiger partial charge is 0.232 e. The second-order valence-electron chi connectivity index (χ2n) is 9.92. The summed E-state index contributed by atoms with van der Waals surface area (Å²) in [5.41, 5.74) is 3.02. The average Bonchev–Trinajstić information content (AvgIpc) is 3.28. The number of rotatable bonds is 7. The number of ether oxygens (including phenoxy) is 1. The first-order valence-electron chi connectivity index (χ1n) is 13.6. The highest BCUT2D eigenvalue weighted by Crippen LogP contribution is 2.27. The van der Waals surface area contributed by atoms with Gasteiger partial charge >= 0.3 is 0 Å². The molecule has 38 heavy (non-hydrogen) atoms. The van der Waals surface area contributed by atoms with E-state index in [4.69, 9.17) is 14.7 Å². The fourth-order valence-electron chi connectivity index (χ4n) is 5.34. The Morgan fingerprint density at radius 3 is 2.74 bits per heavy atom. The van der Waals surface area contributed by atoms with Gasteiger partial charge in [-0.15, -0.1) is 0 Å². The molecule has 6 rings (SSSR count). The van der Waals surface area contributed by atoms with Crippen LogP contribution in [0.1, 0.15) is 34.6 Å². The Kier molecular flexibility index (Phi) is 7.32. The molecule has 1 atom stereocenters. The second kappa shape index (κ2) is 11.3. The zero-order valence-corrected chi connectivity index (χ0v) is 21.9. The lowest BCUT2D eigenvalue weighted by atomic mass is 10.1. The van der Waals surface area contributed by atoms with Crippen LogP contribution in [-0.2, 0) is 11.2 Å². The number of imidazole rings is 1. The van der Waals surface area contributed by atoms with Crippen LogP contribution in [-0.4, -0.2) is 74.7 Å². The van der Waals surface area contributed by atoms with Crippen LogP contribution in [0.25, 0.3) is 5.65 Å². The van der Waals surface area contributed by atoms with E-state index >= 15 is 0 Å². The van der Waals surface area contributed by atoms with Crippen molar-refractivity contribution < 1.29 is 7.59 Å². The molecule has 2 fully saturated rings. The largest absolute Gasteiger partial charge is 0.379 e. The maximum absolute atomic E-state index is 5.58. The van der Waals surface area contributed by atoms with E-state index in [9.17, 15) is 0 Å². The molecule has 4 aromatic rings. The molecule has 0 saturated carbocycles. The molecule has 2 aliphatic rings. The summed E-state index contributed by atoms with van der Waals surface area (Å²) in [7, 11) is 0. The molecule has 202 valence electrons. The normalized spacial score (nSPS) is 18.9. The van der Waals surface area contributed by atoms with Gasteiger partial charge < -0.3 is 24.7 Å². The third kappa shape index (κ3) is 5.71. The Balaban J connectivity index is 0.00000185. The van der Waals surface area contributed by atoms with Gasteiger partial charge in [0, 0.05) is 77.7 Å². The summed E-state index contributed by atoms with van der Waals surface area (Å²) in [6.07, 6.45) is 11.9. The number of pyridine rings is 2. The van der Waals surface area contributed by atoms with Crippen molar-refractivity contribution >= 4 is 34.7 Å². The predicted octanol–water partition coefficient (Wildman–Crippen LogP) is 4.75. The van der Waals surface area contributed by atoms with Crippen LogP contribution in [0.5, 0.6) is 0 Å². The first kappa shape index (κ1) is 24.6. The van der Waals surface area contributed by atoms with E-state index in [1.165, 1.54) is 12.0 Å². The number of aromatic nitrogens is 5. The van der Waals surface area contributed by atoms with Crippen LogP contribution in [0.4, 0.5) is 29.1 Å². The topological polar surface area (TPSA) is 95.7 Å². The molecule has 10 nitrogen and oxygen atoms in total. The lowest BCUT2D eigenvalue weighted by Crippen LogP contribution is -2.43. The van der Waals surface area contributed by atoms with Crippen molar-refractivity contribution in [1.82, 2.24) is 29.2 Å². The number of nitrogens with one attached hydrogen (secondary N) is 2. The van der Waals surface area contributed by atoms with Crippen LogP contribution in [0.15, 0.2) is 55.1 Å². The molecule has 0 spiro atoms. The lowest BCUT2D eigenvalue weighted by molar-refractivity contribution is 0.0142. The average molecular weight is 518 g/mol. The number of nitrogens with zero attached hydrogens (tertiary/aromatic N) is 7. The van der Waals surface area contributed by atoms with Gasteiger partial charge in [0.15, 0.2) is 0 Å². The van der Waals surface area contributed by atoms with Crippen LogP contribution in [0, 0.1) is 0 Å². The van der Waals surface area contributed by atoms with E-state index < -0.39 is 0 Å². The van der Waals surface area contributed by atoms with E-state index in [0.29, 0.717) is 12.0 Å². The third-order valence-corrected chi connectivity index (χ3v) is 7.44. The quantitative estimate of drug-likeness (QED) is 0.360. The minimum absolute atomic E-state index is 0. The fraction of sp³-hybridized carbons (Fsp3) is 0.429.